The lowest BCUT2D eigenvalue weighted by atomic mass is 10.1. The monoisotopic (exact) mass is 300 g/mol. The number of fused-ring (bicyclic) bond motifs is 1. The van der Waals surface area contributed by atoms with Gasteiger partial charge in [0.15, 0.2) is 5.13 Å². The second kappa shape index (κ2) is 4.76. The van der Waals surface area contributed by atoms with Crippen LogP contribution in [0, 0.1) is 0 Å². The molecule has 0 spiro atoms. The van der Waals surface area contributed by atoms with E-state index < -0.39 is 0 Å². The molecule has 0 radical (unpaired) electrons. The Labute approximate surface area is 126 Å². The van der Waals surface area contributed by atoms with Gasteiger partial charge in [0, 0.05) is 17.0 Å². The molecule has 1 saturated carbocycles. The first-order valence-corrected chi connectivity index (χ1v) is 7.86. The van der Waals surface area contributed by atoms with E-state index >= 15 is 0 Å². The van der Waals surface area contributed by atoms with Gasteiger partial charge in [-0.2, -0.15) is 0 Å². The Balaban J connectivity index is 1.52. The van der Waals surface area contributed by atoms with Crippen LogP contribution in [0.3, 0.4) is 0 Å². The molecule has 1 N–H and O–H groups in total. The number of anilines is 1. The van der Waals surface area contributed by atoms with E-state index in [1.165, 1.54) is 12.0 Å². The standard InChI is InChI=1S/C16H13ClN2S/c17-11-6-7-13-15(8-11)20-16(18-13)19-14-9-12(14)10-4-2-1-3-5-10/h1-8,12,14H,9H2,(H,18,19). The molecular weight excluding hydrogens is 288 g/mol. The van der Waals surface area contributed by atoms with Crippen molar-refractivity contribution in [3.8, 4) is 0 Å². The van der Waals surface area contributed by atoms with Crippen molar-refractivity contribution in [2.75, 3.05) is 5.32 Å². The summed E-state index contributed by atoms with van der Waals surface area (Å²) < 4.78 is 1.14. The highest BCUT2D eigenvalue weighted by Crippen LogP contribution is 2.43. The molecule has 1 aromatic heterocycles. The van der Waals surface area contributed by atoms with Crippen LogP contribution in [-0.2, 0) is 0 Å². The third-order valence-corrected chi connectivity index (χ3v) is 4.86. The van der Waals surface area contributed by atoms with Crippen LogP contribution in [0.25, 0.3) is 10.2 Å². The molecule has 1 heterocycles. The summed E-state index contributed by atoms with van der Waals surface area (Å²) in [5, 5.41) is 5.29. The second-order valence-corrected chi connectivity index (χ2v) is 6.60. The molecule has 20 heavy (non-hydrogen) atoms. The molecule has 2 aromatic carbocycles. The van der Waals surface area contributed by atoms with E-state index in [2.05, 4.69) is 40.6 Å². The fourth-order valence-electron chi connectivity index (χ4n) is 2.54. The molecule has 0 amide bonds. The van der Waals surface area contributed by atoms with Gasteiger partial charge in [-0.3, -0.25) is 0 Å². The fourth-order valence-corrected chi connectivity index (χ4v) is 3.75. The van der Waals surface area contributed by atoms with Gasteiger partial charge in [-0.25, -0.2) is 4.98 Å². The largest absolute Gasteiger partial charge is 0.358 e. The molecule has 0 aliphatic heterocycles. The number of aromatic nitrogens is 1. The SMILES string of the molecule is Clc1ccc2nc(NC3CC3c3ccccc3)sc2c1. The van der Waals surface area contributed by atoms with Crippen LogP contribution in [-0.4, -0.2) is 11.0 Å². The molecule has 0 saturated heterocycles. The Morgan fingerprint density at radius 1 is 1.15 bits per heavy atom. The smallest absolute Gasteiger partial charge is 0.184 e. The zero-order valence-electron chi connectivity index (χ0n) is 10.7. The number of nitrogens with one attached hydrogen (secondary N) is 1. The number of hydrogen-bond donors (Lipinski definition) is 1. The number of hydrogen-bond acceptors (Lipinski definition) is 3. The fraction of sp³-hybridized carbons (Fsp3) is 0.188. The van der Waals surface area contributed by atoms with Gasteiger partial charge in [0.25, 0.3) is 0 Å². The molecule has 100 valence electrons. The summed E-state index contributed by atoms with van der Waals surface area (Å²) in [6.45, 7) is 0. The van der Waals surface area contributed by atoms with Gasteiger partial charge in [0.1, 0.15) is 0 Å². The molecule has 2 nitrogen and oxygen atoms in total. The Kier molecular flexibility index (Phi) is 2.90. The molecular formula is C16H13ClN2S. The maximum atomic E-state index is 6.01. The number of benzene rings is 2. The van der Waals surface area contributed by atoms with E-state index in [0.717, 1.165) is 20.4 Å². The minimum absolute atomic E-state index is 0.508. The van der Waals surface area contributed by atoms with Crippen LogP contribution in [0.2, 0.25) is 5.02 Å². The summed E-state index contributed by atoms with van der Waals surface area (Å²) in [5.74, 6) is 0.617. The molecule has 1 fully saturated rings. The number of rotatable bonds is 3. The summed E-state index contributed by atoms with van der Waals surface area (Å²) in [6, 6.07) is 17.0. The van der Waals surface area contributed by atoms with Crippen LogP contribution >= 0.6 is 22.9 Å². The quantitative estimate of drug-likeness (QED) is 0.743. The minimum atomic E-state index is 0.508. The van der Waals surface area contributed by atoms with Crippen molar-refractivity contribution in [1.82, 2.24) is 4.98 Å². The predicted octanol–water partition coefficient (Wildman–Crippen LogP) is 4.92. The Morgan fingerprint density at radius 2 is 2.00 bits per heavy atom. The van der Waals surface area contributed by atoms with Crippen LogP contribution in [0.15, 0.2) is 48.5 Å². The molecule has 1 aliphatic carbocycles. The lowest BCUT2D eigenvalue weighted by Gasteiger charge is -2.01. The van der Waals surface area contributed by atoms with Crippen LogP contribution < -0.4 is 5.32 Å². The number of thiazole rings is 1. The number of nitrogens with zero attached hydrogens (tertiary/aromatic N) is 1. The van der Waals surface area contributed by atoms with E-state index in [-0.39, 0.29) is 0 Å². The van der Waals surface area contributed by atoms with Gasteiger partial charge < -0.3 is 5.32 Å². The second-order valence-electron chi connectivity index (χ2n) is 5.13. The van der Waals surface area contributed by atoms with E-state index in [4.69, 9.17) is 11.6 Å². The molecule has 4 heteroatoms. The summed E-state index contributed by atoms with van der Waals surface area (Å²) in [4.78, 5) is 4.61. The first kappa shape index (κ1) is 12.2. The zero-order chi connectivity index (χ0) is 13.5. The Bertz CT molecular complexity index is 754. The highest BCUT2D eigenvalue weighted by molar-refractivity contribution is 7.22. The summed E-state index contributed by atoms with van der Waals surface area (Å²) in [7, 11) is 0. The summed E-state index contributed by atoms with van der Waals surface area (Å²) in [5.41, 5.74) is 2.42. The van der Waals surface area contributed by atoms with Crippen molar-refractivity contribution < 1.29 is 0 Å². The average Bonchev–Trinajstić information content (AvgIpc) is 3.10. The van der Waals surface area contributed by atoms with Gasteiger partial charge in [-0.1, -0.05) is 53.3 Å². The Hall–Kier alpha value is -1.58. The Morgan fingerprint density at radius 3 is 2.85 bits per heavy atom. The van der Waals surface area contributed by atoms with Crippen molar-refractivity contribution in [2.45, 2.75) is 18.4 Å². The van der Waals surface area contributed by atoms with Gasteiger partial charge in [-0.05, 0) is 30.2 Å². The third kappa shape index (κ3) is 2.28. The van der Waals surface area contributed by atoms with E-state index in [0.29, 0.717) is 12.0 Å². The van der Waals surface area contributed by atoms with Crippen molar-refractivity contribution in [2.24, 2.45) is 0 Å². The van der Waals surface area contributed by atoms with Crippen LogP contribution in [0.4, 0.5) is 5.13 Å². The van der Waals surface area contributed by atoms with Gasteiger partial charge in [0.2, 0.25) is 0 Å². The predicted molar refractivity (Wildman–Crippen MR) is 85.8 cm³/mol. The molecule has 3 aromatic rings. The normalized spacial score (nSPS) is 21.1. The van der Waals surface area contributed by atoms with Crippen molar-refractivity contribution in [1.29, 1.82) is 0 Å². The highest BCUT2D eigenvalue weighted by Gasteiger charge is 2.38. The lowest BCUT2D eigenvalue weighted by Crippen LogP contribution is -2.03. The minimum Gasteiger partial charge on any atom is -0.358 e. The summed E-state index contributed by atoms with van der Waals surface area (Å²) >= 11 is 7.68. The molecule has 4 rings (SSSR count). The van der Waals surface area contributed by atoms with Gasteiger partial charge >= 0.3 is 0 Å². The topological polar surface area (TPSA) is 24.9 Å². The van der Waals surface area contributed by atoms with Crippen LogP contribution in [0.5, 0.6) is 0 Å². The van der Waals surface area contributed by atoms with E-state index in [9.17, 15) is 0 Å². The zero-order valence-corrected chi connectivity index (χ0v) is 12.3. The maximum absolute atomic E-state index is 6.01. The lowest BCUT2D eigenvalue weighted by molar-refractivity contribution is 1.04. The first-order chi connectivity index (χ1) is 9.79. The molecule has 0 bridgehead atoms. The molecule has 2 unspecified atom stereocenters. The average molecular weight is 301 g/mol. The van der Waals surface area contributed by atoms with Crippen molar-refractivity contribution >= 4 is 38.3 Å². The third-order valence-electron chi connectivity index (χ3n) is 3.68. The van der Waals surface area contributed by atoms with E-state index in [1.54, 1.807) is 11.3 Å². The van der Waals surface area contributed by atoms with E-state index in [1.807, 2.05) is 18.2 Å². The van der Waals surface area contributed by atoms with Crippen LogP contribution in [0.1, 0.15) is 17.9 Å². The highest BCUT2D eigenvalue weighted by atomic mass is 35.5. The van der Waals surface area contributed by atoms with Gasteiger partial charge in [-0.15, -0.1) is 0 Å². The first-order valence-electron chi connectivity index (χ1n) is 6.67. The summed E-state index contributed by atoms with van der Waals surface area (Å²) in [6.07, 6.45) is 1.18. The van der Waals surface area contributed by atoms with Crippen molar-refractivity contribution in [3.63, 3.8) is 0 Å². The number of halogens is 1. The van der Waals surface area contributed by atoms with Gasteiger partial charge in [0.05, 0.1) is 10.2 Å². The molecule has 1 aliphatic rings. The molecule has 2 atom stereocenters. The maximum Gasteiger partial charge on any atom is 0.184 e. The van der Waals surface area contributed by atoms with Crippen molar-refractivity contribution in [3.05, 3.63) is 59.1 Å².